The van der Waals surface area contributed by atoms with Gasteiger partial charge in [-0.2, -0.15) is 5.10 Å². The van der Waals surface area contributed by atoms with Gasteiger partial charge in [0.25, 0.3) is 5.91 Å². The highest BCUT2D eigenvalue weighted by molar-refractivity contribution is 5.92. The molecule has 0 N–H and O–H groups in total. The lowest BCUT2D eigenvalue weighted by Crippen LogP contribution is -2.30. The maximum atomic E-state index is 12.9. The zero-order valence-corrected chi connectivity index (χ0v) is 15.3. The van der Waals surface area contributed by atoms with Crippen LogP contribution in [0.4, 0.5) is 0 Å². The lowest BCUT2D eigenvalue weighted by atomic mass is 10.2. The zero-order valence-electron chi connectivity index (χ0n) is 15.3. The normalized spacial score (nSPS) is 10.6. The first-order chi connectivity index (χ1) is 12.6. The summed E-state index contributed by atoms with van der Waals surface area (Å²) < 4.78 is 7.05. The van der Waals surface area contributed by atoms with Crippen molar-refractivity contribution in [1.29, 1.82) is 0 Å². The molecule has 0 radical (unpaired) electrons. The third-order valence-electron chi connectivity index (χ3n) is 4.29. The number of hydrogen-bond donors (Lipinski definition) is 0. The number of aryl methyl sites for hydroxylation is 1. The molecule has 5 nitrogen and oxygen atoms in total. The van der Waals surface area contributed by atoms with Crippen molar-refractivity contribution < 1.29 is 9.53 Å². The third kappa shape index (κ3) is 3.77. The summed E-state index contributed by atoms with van der Waals surface area (Å²) in [5, 5.41) is 4.54. The number of methoxy groups -OCH3 is 1. The van der Waals surface area contributed by atoms with Gasteiger partial charge in [0.05, 0.1) is 12.8 Å². The minimum absolute atomic E-state index is 0.0684. The highest BCUT2D eigenvalue weighted by Crippen LogP contribution is 2.19. The Morgan fingerprint density at radius 1 is 1.12 bits per heavy atom. The zero-order chi connectivity index (χ0) is 18.5. The Bertz CT molecular complexity index is 887. The van der Waals surface area contributed by atoms with Crippen molar-refractivity contribution in [2.24, 2.45) is 0 Å². The number of carbonyl (C=O) groups excluding carboxylic acids is 1. The number of amides is 1. The molecule has 0 saturated heterocycles. The molecular formula is C21H23N3O2. The van der Waals surface area contributed by atoms with Crippen molar-refractivity contribution >= 4 is 5.91 Å². The van der Waals surface area contributed by atoms with Gasteiger partial charge in [0.1, 0.15) is 5.75 Å². The minimum Gasteiger partial charge on any atom is -0.497 e. The number of aromatic nitrogens is 2. The smallest absolute Gasteiger partial charge is 0.274 e. The maximum Gasteiger partial charge on any atom is 0.274 e. The highest BCUT2D eigenvalue weighted by Gasteiger charge is 2.19. The van der Waals surface area contributed by atoms with Crippen LogP contribution >= 0.6 is 0 Å². The van der Waals surface area contributed by atoms with Crippen LogP contribution in [0.5, 0.6) is 5.75 Å². The summed E-state index contributed by atoms with van der Waals surface area (Å²) in [6.45, 7) is 5.11. The average molecular weight is 349 g/mol. The predicted molar refractivity (Wildman–Crippen MR) is 102 cm³/mol. The Labute approximate surface area is 153 Å². The second-order valence-electron chi connectivity index (χ2n) is 6.09. The van der Waals surface area contributed by atoms with Crippen LogP contribution in [0.2, 0.25) is 0 Å². The molecule has 0 spiro atoms. The van der Waals surface area contributed by atoms with Crippen LogP contribution in [0.15, 0.2) is 60.7 Å². The molecule has 1 aromatic heterocycles. The highest BCUT2D eigenvalue weighted by atomic mass is 16.5. The Balaban J connectivity index is 1.85. The molecular weight excluding hydrogens is 326 g/mol. The average Bonchev–Trinajstić information content (AvgIpc) is 3.08. The van der Waals surface area contributed by atoms with Crippen LogP contribution in [0, 0.1) is 6.92 Å². The molecule has 0 aliphatic heterocycles. The fourth-order valence-corrected chi connectivity index (χ4v) is 2.88. The Hall–Kier alpha value is -3.08. The van der Waals surface area contributed by atoms with E-state index in [1.807, 2.05) is 74.5 Å². The molecule has 1 amide bonds. The first kappa shape index (κ1) is 17.7. The number of hydrogen-bond acceptors (Lipinski definition) is 3. The van der Waals surface area contributed by atoms with Gasteiger partial charge in [-0.1, -0.05) is 36.4 Å². The summed E-state index contributed by atoms with van der Waals surface area (Å²) in [6.07, 6.45) is 0. The van der Waals surface area contributed by atoms with E-state index in [0.717, 1.165) is 22.7 Å². The first-order valence-electron chi connectivity index (χ1n) is 8.66. The number of ether oxygens (including phenoxy) is 1. The summed E-state index contributed by atoms with van der Waals surface area (Å²) in [5.41, 5.74) is 3.32. The van der Waals surface area contributed by atoms with Gasteiger partial charge in [-0.15, -0.1) is 0 Å². The molecule has 2 aromatic carbocycles. The lowest BCUT2D eigenvalue weighted by Gasteiger charge is -2.19. The van der Waals surface area contributed by atoms with Crippen molar-refractivity contribution in [3.8, 4) is 11.4 Å². The molecule has 1 heterocycles. The molecule has 0 fully saturated rings. The maximum absolute atomic E-state index is 12.9. The fraction of sp³-hybridized carbons (Fsp3) is 0.238. The molecule has 3 rings (SSSR count). The summed E-state index contributed by atoms with van der Waals surface area (Å²) in [4.78, 5) is 14.7. The quantitative estimate of drug-likeness (QED) is 0.679. The van der Waals surface area contributed by atoms with Crippen molar-refractivity contribution in [2.75, 3.05) is 13.7 Å². The van der Waals surface area contributed by atoms with Gasteiger partial charge in [-0.05, 0) is 37.6 Å². The van der Waals surface area contributed by atoms with Gasteiger partial charge < -0.3 is 9.64 Å². The molecule has 0 atom stereocenters. The minimum atomic E-state index is -0.0684. The molecule has 26 heavy (non-hydrogen) atoms. The SMILES string of the molecule is CCN(Cc1ccccc1)C(=O)c1cc(C)n(-c2cccc(OC)c2)n1. The van der Waals surface area contributed by atoms with E-state index < -0.39 is 0 Å². The molecule has 0 unspecified atom stereocenters. The van der Waals surface area contributed by atoms with Gasteiger partial charge in [-0.25, -0.2) is 4.68 Å². The van der Waals surface area contributed by atoms with Crippen molar-refractivity contribution in [1.82, 2.24) is 14.7 Å². The van der Waals surface area contributed by atoms with E-state index in [1.54, 1.807) is 16.7 Å². The van der Waals surface area contributed by atoms with Crippen LogP contribution in [0.3, 0.4) is 0 Å². The van der Waals surface area contributed by atoms with Gasteiger partial charge in [0.15, 0.2) is 5.69 Å². The monoisotopic (exact) mass is 349 g/mol. The summed E-state index contributed by atoms with van der Waals surface area (Å²) >= 11 is 0. The van der Waals surface area contributed by atoms with Gasteiger partial charge in [-0.3, -0.25) is 4.79 Å². The van der Waals surface area contributed by atoms with Crippen LogP contribution in [-0.2, 0) is 6.54 Å². The van der Waals surface area contributed by atoms with E-state index >= 15 is 0 Å². The van der Waals surface area contributed by atoms with Crippen molar-refractivity contribution in [2.45, 2.75) is 20.4 Å². The lowest BCUT2D eigenvalue weighted by molar-refractivity contribution is 0.0746. The number of nitrogens with zero attached hydrogens (tertiary/aromatic N) is 3. The van der Waals surface area contributed by atoms with Crippen molar-refractivity contribution in [3.05, 3.63) is 77.6 Å². The molecule has 5 heteroatoms. The van der Waals surface area contributed by atoms with Gasteiger partial charge >= 0.3 is 0 Å². The topological polar surface area (TPSA) is 47.4 Å². The number of benzene rings is 2. The van der Waals surface area contributed by atoms with E-state index in [2.05, 4.69) is 5.10 Å². The van der Waals surface area contributed by atoms with Crippen LogP contribution < -0.4 is 4.74 Å². The number of rotatable bonds is 6. The predicted octanol–water partition coefficient (Wildman–Crippen LogP) is 3.85. The third-order valence-corrected chi connectivity index (χ3v) is 4.29. The van der Waals surface area contributed by atoms with E-state index in [4.69, 9.17) is 4.74 Å². The second-order valence-corrected chi connectivity index (χ2v) is 6.09. The number of carbonyl (C=O) groups is 1. The van der Waals surface area contributed by atoms with E-state index in [9.17, 15) is 4.79 Å². The molecule has 0 bridgehead atoms. The molecule has 3 aromatic rings. The van der Waals surface area contributed by atoms with E-state index in [1.165, 1.54) is 0 Å². The Kier molecular flexibility index (Phi) is 5.37. The summed E-state index contributed by atoms with van der Waals surface area (Å²) in [6, 6.07) is 19.4. The Morgan fingerprint density at radius 3 is 2.58 bits per heavy atom. The molecule has 0 saturated carbocycles. The largest absolute Gasteiger partial charge is 0.497 e. The van der Waals surface area contributed by atoms with E-state index in [-0.39, 0.29) is 5.91 Å². The molecule has 0 aliphatic rings. The van der Waals surface area contributed by atoms with Crippen LogP contribution in [0.1, 0.15) is 28.7 Å². The fourth-order valence-electron chi connectivity index (χ4n) is 2.88. The van der Waals surface area contributed by atoms with Gasteiger partial charge in [0.2, 0.25) is 0 Å². The van der Waals surface area contributed by atoms with E-state index in [0.29, 0.717) is 18.8 Å². The Morgan fingerprint density at radius 2 is 1.88 bits per heavy atom. The summed E-state index contributed by atoms with van der Waals surface area (Å²) in [5.74, 6) is 0.686. The van der Waals surface area contributed by atoms with Gasteiger partial charge in [0, 0.05) is 24.8 Å². The molecule has 134 valence electrons. The van der Waals surface area contributed by atoms with Crippen LogP contribution in [-0.4, -0.2) is 34.2 Å². The first-order valence-corrected chi connectivity index (χ1v) is 8.66. The van der Waals surface area contributed by atoms with Crippen molar-refractivity contribution in [3.63, 3.8) is 0 Å². The standard InChI is InChI=1S/C21H23N3O2/c1-4-23(15-17-9-6-5-7-10-17)21(25)20-13-16(2)24(22-20)18-11-8-12-19(14-18)26-3/h5-14H,4,15H2,1-3H3. The molecule has 0 aliphatic carbocycles. The summed E-state index contributed by atoms with van der Waals surface area (Å²) in [7, 11) is 1.63. The second kappa shape index (κ2) is 7.87. The van der Waals surface area contributed by atoms with Crippen LogP contribution in [0.25, 0.3) is 5.69 Å².